The molecule has 0 aliphatic carbocycles. The highest BCUT2D eigenvalue weighted by Gasteiger charge is 2.35. The average Bonchev–Trinajstić information content (AvgIpc) is 2.58. The molecule has 2 aliphatic rings. The zero-order chi connectivity index (χ0) is 6.27. The highest BCUT2D eigenvalue weighted by atomic mass is 16.6. The Morgan fingerprint density at radius 3 is 2.89 bits per heavy atom. The quantitative estimate of drug-likeness (QED) is 0.363. The summed E-state index contributed by atoms with van der Waals surface area (Å²) in [6.45, 7) is 0.724. The molecule has 1 saturated heterocycles. The van der Waals surface area contributed by atoms with E-state index in [1.54, 1.807) is 6.08 Å². The summed E-state index contributed by atoms with van der Waals surface area (Å²) >= 11 is 0. The van der Waals surface area contributed by atoms with E-state index in [0.29, 0.717) is 0 Å². The number of ether oxygens (including phenoxy) is 2. The Kier molecular flexibility index (Phi) is 0.873. The Morgan fingerprint density at radius 2 is 2.44 bits per heavy atom. The summed E-state index contributed by atoms with van der Waals surface area (Å²) < 4.78 is 9.72. The molecule has 0 radical (unpaired) electrons. The Hall–Kier alpha value is -0.830. The van der Waals surface area contributed by atoms with Crippen LogP contribution in [0.15, 0.2) is 12.2 Å². The molecule has 0 spiro atoms. The highest BCUT2D eigenvalue weighted by Crippen LogP contribution is 2.21. The van der Waals surface area contributed by atoms with Crippen LogP contribution < -0.4 is 0 Å². The lowest BCUT2D eigenvalue weighted by Crippen LogP contribution is -2.14. The van der Waals surface area contributed by atoms with Crippen LogP contribution in [0.25, 0.3) is 0 Å². The molecule has 0 aromatic rings. The Bertz CT molecular complexity index is 169. The molecule has 2 atom stereocenters. The lowest BCUT2D eigenvalue weighted by molar-refractivity contribution is -0.139. The van der Waals surface area contributed by atoms with Gasteiger partial charge in [0.15, 0.2) is 0 Å². The first kappa shape index (κ1) is 4.99. The van der Waals surface area contributed by atoms with E-state index < -0.39 is 0 Å². The van der Waals surface area contributed by atoms with Crippen LogP contribution in [-0.4, -0.2) is 24.8 Å². The van der Waals surface area contributed by atoms with E-state index in [0.717, 1.165) is 6.61 Å². The van der Waals surface area contributed by atoms with Crippen molar-refractivity contribution in [1.82, 2.24) is 0 Å². The van der Waals surface area contributed by atoms with Gasteiger partial charge in [-0.15, -0.1) is 0 Å². The molecule has 0 N–H and O–H groups in total. The van der Waals surface area contributed by atoms with Crippen LogP contribution in [0.4, 0.5) is 0 Å². The molecule has 0 aromatic carbocycles. The molecule has 0 bridgehead atoms. The zero-order valence-corrected chi connectivity index (χ0v) is 4.74. The highest BCUT2D eigenvalue weighted by molar-refractivity contribution is 5.84. The summed E-state index contributed by atoms with van der Waals surface area (Å²) in [5.74, 6) is -0.254. The third kappa shape index (κ3) is 0.833. The molecular formula is C6H6O3. The van der Waals surface area contributed by atoms with Crippen LogP contribution in [-0.2, 0) is 14.3 Å². The minimum Gasteiger partial charge on any atom is -0.452 e. The van der Waals surface area contributed by atoms with Crippen molar-refractivity contribution >= 4 is 5.97 Å². The van der Waals surface area contributed by atoms with E-state index in [4.69, 9.17) is 9.47 Å². The van der Waals surface area contributed by atoms with Crippen molar-refractivity contribution in [2.75, 3.05) is 6.61 Å². The Labute approximate surface area is 52.3 Å². The van der Waals surface area contributed by atoms with E-state index in [2.05, 4.69) is 0 Å². The molecule has 0 saturated carbocycles. The van der Waals surface area contributed by atoms with Gasteiger partial charge < -0.3 is 9.47 Å². The smallest absolute Gasteiger partial charge is 0.331 e. The summed E-state index contributed by atoms with van der Waals surface area (Å²) in [5, 5.41) is 0. The topological polar surface area (TPSA) is 38.8 Å². The molecule has 3 nitrogen and oxygen atoms in total. The summed E-state index contributed by atoms with van der Waals surface area (Å²) in [7, 11) is 0. The fourth-order valence-electron chi connectivity index (χ4n) is 0.831. The van der Waals surface area contributed by atoms with Crippen molar-refractivity contribution in [3.63, 3.8) is 0 Å². The van der Waals surface area contributed by atoms with E-state index >= 15 is 0 Å². The number of carbonyl (C=O) groups is 1. The van der Waals surface area contributed by atoms with Crippen LogP contribution in [0.1, 0.15) is 0 Å². The largest absolute Gasteiger partial charge is 0.452 e. The molecule has 1 fully saturated rings. The first-order chi connectivity index (χ1) is 4.36. The maximum Gasteiger partial charge on any atom is 0.331 e. The molecule has 0 amide bonds. The monoisotopic (exact) mass is 126 g/mol. The standard InChI is InChI=1S/C6H6O3/c7-6-2-1-4(9-6)5-3-8-5/h1-2,4-5H,3H2/t4-,5-/m0/s1. The number of esters is 1. The van der Waals surface area contributed by atoms with Crippen LogP contribution >= 0.6 is 0 Å². The van der Waals surface area contributed by atoms with Gasteiger partial charge in [0.1, 0.15) is 12.2 Å². The van der Waals surface area contributed by atoms with Gasteiger partial charge >= 0.3 is 5.97 Å². The second kappa shape index (κ2) is 1.57. The molecule has 2 heterocycles. The summed E-state index contributed by atoms with van der Waals surface area (Å²) in [6.07, 6.45) is 3.22. The molecule has 9 heavy (non-hydrogen) atoms. The first-order valence-electron chi connectivity index (χ1n) is 2.87. The lowest BCUT2D eigenvalue weighted by Gasteiger charge is -2.01. The van der Waals surface area contributed by atoms with Gasteiger partial charge in [-0.3, -0.25) is 0 Å². The SMILES string of the molecule is O=C1C=C[C@@H]([C@@H]2CO2)O1. The number of hydrogen-bond donors (Lipinski definition) is 0. The Morgan fingerprint density at radius 1 is 1.67 bits per heavy atom. The van der Waals surface area contributed by atoms with Gasteiger partial charge in [0.2, 0.25) is 0 Å². The maximum atomic E-state index is 10.4. The van der Waals surface area contributed by atoms with E-state index in [1.165, 1.54) is 6.08 Å². The minimum absolute atomic E-state index is 0.0995. The Balaban J connectivity index is 2.01. The van der Waals surface area contributed by atoms with Crippen molar-refractivity contribution in [3.8, 4) is 0 Å². The number of cyclic esters (lactones) is 1. The number of carbonyl (C=O) groups excluding carboxylic acids is 1. The second-order valence-corrected chi connectivity index (χ2v) is 2.13. The first-order valence-corrected chi connectivity index (χ1v) is 2.87. The fourth-order valence-corrected chi connectivity index (χ4v) is 0.831. The van der Waals surface area contributed by atoms with Gasteiger partial charge in [-0.05, 0) is 6.08 Å². The third-order valence-corrected chi connectivity index (χ3v) is 1.40. The van der Waals surface area contributed by atoms with Gasteiger partial charge in [0.05, 0.1) is 6.61 Å². The van der Waals surface area contributed by atoms with Crippen molar-refractivity contribution in [3.05, 3.63) is 12.2 Å². The number of epoxide rings is 1. The van der Waals surface area contributed by atoms with E-state index in [9.17, 15) is 4.79 Å². The fraction of sp³-hybridized carbons (Fsp3) is 0.500. The molecular weight excluding hydrogens is 120 g/mol. The lowest BCUT2D eigenvalue weighted by atomic mass is 10.3. The average molecular weight is 126 g/mol. The molecule has 0 unspecified atom stereocenters. The van der Waals surface area contributed by atoms with Gasteiger partial charge in [-0.25, -0.2) is 4.79 Å². The molecule has 0 aromatic heterocycles. The summed E-state index contributed by atoms with van der Waals surface area (Å²) in [4.78, 5) is 10.4. The maximum absolute atomic E-state index is 10.4. The third-order valence-electron chi connectivity index (χ3n) is 1.40. The van der Waals surface area contributed by atoms with E-state index in [1.807, 2.05) is 0 Å². The van der Waals surface area contributed by atoms with Crippen LogP contribution in [0, 0.1) is 0 Å². The van der Waals surface area contributed by atoms with Gasteiger partial charge in [0.25, 0.3) is 0 Å². The van der Waals surface area contributed by atoms with Crippen LogP contribution in [0.5, 0.6) is 0 Å². The second-order valence-electron chi connectivity index (χ2n) is 2.13. The normalized spacial score (nSPS) is 38.9. The predicted molar refractivity (Wildman–Crippen MR) is 28.8 cm³/mol. The summed E-state index contributed by atoms with van der Waals surface area (Å²) in [6, 6.07) is 0. The molecule has 2 rings (SSSR count). The molecule has 2 aliphatic heterocycles. The van der Waals surface area contributed by atoms with E-state index in [-0.39, 0.29) is 18.2 Å². The van der Waals surface area contributed by atoms with Crippen molar-refractivity contribution < 1.29 is 14.3 Å². The molecule has 3 heteroatoms. The number of hydrogen-bond acceptors (Lipinski definition) is 3. The van der Waals surface area contributed by atoms with Crippen molar-refractivity contribution in [1.29, 1.82) is 0 Å². The zero-order valence-electron chi connectivity index (χ0n) is 4.74. The van der Waals surface area contributed by atoms with Gasteiger partial charge in [-0.2, -0.15) is 0 Å². The minimum atomic E-state index is -0.254. The van der Waals surface area contributed by atoms with Crippen LogP contribution in [0.2, 0.25) is 0 Å². The predicted octanol–water partition coefficient (Wildman–Crippen LogP) is -0.133. The van der Waals surface area contributed by atoms with Crippen molar-refractivity contribution in [2.24, 2.45) is 0 Å². The summed E-state index contributed by atoms with van der Waals surface area (Å²) in [5.41, 5.74) is 0. The van der Waals surface area contributed by atoms with Crippen LogP contribution in [0.3, 0.4) is 0 Å². The van der Waals surface area contributed by atoms with Gasteiger partial charge in [-0.1, -0.05) is 0 Å². The van der Waals surface area contributed by atoms with Crippen molar-refractivity contribution in [2.45, 2.75) is 12.2 Å². The number of rotatable bonds is 1. The van der Waals surface area contributed by atoms with Gasteiger partial charge in [0, 0.05) is 6.08 Å². The molecule has 48 valence electrons.